The Bertz CT molecular complexity index is 443. The van der Waals surface area contributed by atoms with Gasteiger partial charge in [-0.15, -0.1) is 0 Å². The first-order valence-corrected chi connectivity index (χ1v) is 6.40. The summed E-state index contributed by atoms with van der Waals surface area (Å²) in [7, 11) is 1.48. The van der Waals surface area contributed by atoms with Crippen LogP contribution in [0, 0.1) is 0 Å². The maximum absolute atomic E-state index is 14.2. The monoisotopic (exact) mass is 268 g/mol. The molecule has 4 atom stereocenters. The Kier molecular flexibility index (Phi) is 3.33. The molecule has 2 heterocycles. The zero-order chi connectivity index (χ0) is 13.5. The summed E-state index contributed by atoms with van der Waals surface area (Å²) < 4.78 is 44.7. The summed E-state index contributed by atoms with van der Waals surface area (Å²) in [6.45, 7) is 0.170. The molecule has 3 nitrogen and oxygen atoms in total. The minimum Gasteiger partial charge on any atom is -0.373 e. The Morgan fingerprint density at radius 1 is 1.11 bits per heavy atom. The topological polar surface area (TPSA) is 27.7 Å². The van der Waals surface area contributed by atoms with Crippen LogP contribution in [0.15, 0.2) is 30.3 Å². The predicted molar refractivity (Wildman–Crippen MR) is 67.0 cm³/mol. The summed E-state index contributed by atoms with van der Waals surface area (Å²) in [6.07, 6.45) is -2.68. The fourth-order valence-electron chi connectivity index (χ4n) is 2.45. The van der Waals surface area contributed by atoms with Gasteiger partial charge in [-0.05, 0) is 0 Å². The lowest BCUT2D eigenvalue weighted by atomic mass is 9.77. The summed E-state index contributed by atoms with van der Waals surface area (Å²) in [6, 6.07) is 9.11. The quantitative estimate of drug-likeness (QED) is 0.723. The molecule has 6 heteroatoms. The molecule has 0 amide bonds. The lowest BCUT2D eigenvalue weighted by molar-refractivity contribution is -0.331. The number of alkyl halides is 2. The highest BCUT2D eigenvalue weighted by atomic mass is 19.3. The van der Waals surface area contributed by atoms with E-state index in [4.69, 9.17) is 14.2 Å². The molecule has 2 saturated heterocycles. The second kappa shape index (κ2) is 4.85. The number of ether oxygens (including phenoxy) is 3. The summed E-state index contributed by atoms with van der Waals surface area (Å²) in [5, 5.41) is 0. The van der Waals surface area contributed by atoms with Gasteiger partial charge in [0.1, 0.15) is 14.0 Å². The average Bonchev–Trinajstić information content (AvgIpc) is 2.44. The van der Waals surface area contributed by atoms with Gasteiger partial charge in [0, 0.05) is 18.0 Å². The largest absolute Gasteiger partial charge is 0.373 e. The van der Waals surface area contributed by atoms with E-state index in [0.29, 0.717) is 0 Å². The Morgan fingerprint density at radius 2 is 1.84 bits per heavy atom. The predicted octanol–water partition coefficient (Wildman–Crippen LogP) is 1.56. The van der Waals surface area contributed by atoms with Crippen LogP contribution in [-0.2, 0) is 14.2 Å². The molecule has 1 aromatic carbocycles. The molecular weight excluding hydrogens is 253 g/mol. The highest BCUT2D eigenvalue weighted by molar-refractivity contribution is 6.12. The van der Waals surface area contributed by atoms with Crippen LogP contribution in [0.25, 0.3) is 0 Å². The smallest absolute Gasteiger partial charge is 0.274 e. The molecule has 0 aromatic heterocycles. The standard InChI is InChI=1S/C13H15BF2O3/c14-10-7-17-9-6-18-12(8-4-2-1-3-5-8)19-11(9)13(10,15)16/h1-5,9-12H,6-7,14H2/t9-,10-,11?,12-/m1/s1. The fourth-order valence-corrected chi connectivity index (χ4v) is 2.45. The van der Waals surface area contributed by atoms with Gasteiger partial charge in [0.2, 0.25) is 0 Å². The SMILES string of the molecule is B[C@@H]1CO[C@@H]2CO[C@@H](c3ccccc3)OC2C1(F)F. The first-order valence-electron chi connectivity index (χ1n) is 6.40. The van der Waals surface area contributed by atoms with Gasteiger partial charge in [-0.2, -0.15) is 0 Å². The van der Waals surface area contributed by atoms with E-state index in [1.54, 1.807) is 12.1 Å². The third kappa shape index (κ3) is 2.28. The average molecular weight is 268 g/mol. The van der Waals surface area contributed by atoms with Crippen molar-refractivity contribution in [1.82, 2.24) is 0 Å². The van der Waals surface area contributed by atoms with Crippen LogP contribution in [0.5, 0.6) is 0 Å². The van der Waals surface area contributed by atoms with Crippen molar-refractivity contribution in [2.75, 3.05) is 13.2 Å². The Hall–Kier alpha value is -0.975. The van der Waals surface area contributed by atoms with Crippen LogP contribution in [0.3, 0.4) is 0 Å². The number of fused-ring (bicyclic) bond motifs is 1. The zero-order valence-corrected chi connectivity index (χ0v) is 10.6. The molecular formula is C13H15BF2O3. The van der Waals surface area contributed by atoms with Crippen molar-refractivity contribution in [3.63, 3.8) is 0 Å². The molecule has 19 heavy (non-hydrogen) atoms. The normalized spacial score (nSPS) is 37.6. The molecule has 1 unspecified atom stereocenters. The molecule has 3 rings (SSSR count). The lowest BCUT2D eigenvalue weighted by Crippen LogP contribution is -2.58. The Morgan fingerprint density at radius 3 is 2.58 bits per heavy atom. The van der Waals surface area contributed by atoms with Crippen LogP contribution in [0.4, 0.5) is 8.78 Å². The van der Waals surface area contributed by atoms with Crippen molar-refractivity contribution in [1.29, 1.82) is 0 Å². The molecule has 2 fully saturated rings. The first kappa shape index (κ1) is 13.0. The van der Waals surface area contributed by atoms with Gasteiger partial charge in [-0.1, -0.05) is 30.3 Å². The van der Waals surface area contributed by atoms with Gasteiger partial charge in [0.05, 0.1) is 6.61 Å². The minimum atomic E-state index is -2.89. The second-order valence-electron chi connectivity index (χ2n) is 5.08. The molecule has 0 saturated carbocycles. The number of benzene rings is 1. The molecule has 0 N–H and O–H groups in total. The first-order chi connectivity index (χ1) is 9.09. The van der Waals surface area contributed by atoms with E-state index in [0.717, 1.165) is 5.56 Å². The van der Waals surface area contributed by atoms with E-state index in [2.05, 4.69) is 0 Å². The van der Waals surface area contributed by atoms with Gasteiger partial charge < -0.3 is 14.2 Å². The maximum Gasteiger partial charge on any atom is 0.274 e. The molecule has 1 aromatic rings. The summed E-state index contributed by atoms with van der Waals surface area (Å²) >= 11 is 0. The molecule has 0 aliphatic carbocycles. The van der Waals surface area contributed by atoms with Gasteiger partial charge in [0.25, 0.3) is 5.92 Å². The highest BCUT2D eigenvalue weighted by Gasteiger charge is 2.56. The Labute approximate surface area is 111 Å². The third-order valence-corrected chi connectivity index (χ3v) is 3.69. The summed E-state index contributed by atoms with van der Waals surface area (Å²) in [4.78, 5) is 0. The molecule has 0 bridgehead atoms. The molecule has 0 radical (unpaired) electrons. The number of hydrogen-bond acceptors (Lipinski definition) is 3. The van der Waals surface area contributed by atoms with E-state index >= 15 is 0 Å². The van der Waals surface area contributed by atoms with Crippen molar-refractivity contribution in [2.45, 2.75) is 30.2 Å². The van der Waals surface area contributed by atoms with Gasteiger partial charge in [-0.3, -0.25) is 0 Å². The molecule has 102 valence electrons. The van der Waals surface area contributed by atoms with Crippen LogP contribution in [0.1, 0.15) is 11.9 Å². The summed E-state index contributed by atoms with van der Waals surface area (Å²) in [5.41, 5.74) is 0.745. The second-order valence-corrected chi connectivity index (χ2v) is 5.08. The Balaban J connectivity index is 1.81. The van der Waals surface area contributed by atoms with E-state index in [1.807, 2.05) is 18.2 Å². The number of hydrogen-bond donors (Lipinski definition) is 0. The van der Waals surface area contributed by atoms with E-state index in [-0.39, 0.29) is 13.2 Å². The third-order valence-electron chi connectivity index (χ3n) is 3.69. The fraction of sp³-hybridized carbons (Fsp3) is 0.538. The van der Waals surface area contributed by atoms with Gasteiger partial charge in [0.15, 0.2) is 12.4 Å². The molecule has 2 aliphatic rings. The molecule has 0 spiro atoms. The maximum atomic E-state index is 14.2. The zero-order valence-electron chi connectivity index (χ0n) is 10.6. The minimum absolute atomic E-state index is 0.0386. The number of rotatable bonds is 1. The van der Waals surface area contributed by atoms with Crippen LogP contribution >= 0.6 is 0 Å². The van der Waals surface area contributed by atoms with Crippen molar-refractivity contribution in [2.24, 2.45) is 0 Å². The number of halogens is 2. The van der Waals surface area contributed by atoms with Crippen LogP contribution < -0.4 is 0 Å². The van der Waals surface area contributed by atoms with E-state index in [1.165, 1.54) is 7.85 Å². The van der Waals surface area contributed by atoms with E-state index in [9.17, 15) is 8.78 Å². The van der Waals surface area contributed by atoms with Gasteiger partial charge >= 0.3 is 0 Å². The van der Waals surface area contributed by atoms with Crippen molar-refractivity contribution in [3.8, 4) is 0 Å². The van der Waals surface area contributed by atoms with Crippen LogP contribution in [0.2, 0.25) is 5.82 Å². The van der Waals surface area contributed by atoms with Gasteiger partial charge in [-0.25, -0.2) is 8.78 Å². The highest BCUT2D eigenvalue weighted by Crippen LogP contribution is 2.43. The lowest BCUT2D eigenvalue weighted by Gasteiger charge is -2.45. The van der Waals surface area contributed by atoms with E-state index < -0.39 is 30.2 Å². The molecule has 2 aliphatic heterocycles. The van der Waals surface area contributed by atoms with Crippen molar-refractivity contribution in [3.05, 3.63) is 35.9 Å². The van der Waals surface area contributed by atoms with Crippen LogP contribution in [-0.4, -0.2) is 39.2 Å². The summed E-state index contributed by atoms with van der Waals surface area (Å²) in [5.74, 6) is -3.73. The van der Waals surface area contributed by atoms with Crippen molar-refractivity contribution < 1.29 is 23.0 Å². The van der Waals surface area contributed by atoms with Crippen molar-refractivity contribution >= 4 is 7.85 Å².